The van der Waals surface area contributed by atoms with Crippen LogP contribution in [-0.4, -0.2) is 42.0 Å². The first-order valence-corrected chi connectivity index (χ1v) is 10.7. The van der Waals surface area contributed by atoms with E-state index in [9.17, 15) is 9.90 Å². The number of rotatable bonds is 6. The summed E-state index contributed by atoms with van der Waals surface area (Å²) < 4.78 is 1.68. The number of aromatic hydroxyl groups is 1. The molecule has 5 aromatic rings. The Morgan fingerprint density at radius 3 is 2.82 bits per heavy atom. The molecule has 9 heteroatoms. The van der Waals surface area contributed by atoms with Gasteiger partial charge in [-0.15, -0.1) is 0 Å². The highest BCUT2D eigenvalue weighted by atomic mass is 16.3. The Hall–Kier alpha value is -4.66. The fraction of sp³-hybridized carbons (Fsp3) is 0.120. The molecule has 0 aliphatic rings. The van der Waals surface area contributed by atoms with Crippen LogP contribution in [0, 0.1) is 6.92 Å². The van der Waals surface area contributed by atoms with Crippen molar-refractivity contribution in [1.82, 2.24) is 24.7 Å². The van der Waals surface area contributed by atoms with Gasteiger partial charge in [0.1, 0.15) is 0 Å². The quantitative estimate of drug-likeness (QED) is 0.287. The number of carbonyl (C=O) groups is 1. The standard InChI is InChI=1S/C25H23N7O2/c1-15-10-22(31-30-15)27-14-20-19-13-17(6-7-21(19)29-24(20)33)11-16-4-3-5-18(12-16)28-25(34)23-26-8-9-32(23)2/h3-10,12-14,29,33H,11H2,1-2H3,(H,28,34)(H,30,31). The van der Waals surface area contributed by atoms with Crippen molar-refractivity contribution in [3.63, 3.8) is 0 Å². The number of carbonyl (C=O) groups excluding carboxylic acids is 1. The van der Waals surface area contributed by atoms with E-state index in [0.717, 1.165) is 27.7 Å². The van der Waals surface area contributed by atoms with E-state index in [-0.39, 0.29) is 11.8 Å². The van der Waals surface area contributed by atoms with E-state index in [0.29, 0.717) is 29.3 Å². The van der Waals surface area contributed by atoms with Crippen molar-refractivity contribution in [1.29, 1.82) is 0 Å². The summed E-state index contributed by atoms with van der Waals surface area (Å²) in [5, 5.41) is 21.1. The van der Waals surface area contributed by atoms with Crippen LogP contribution in [0.3, 0.4) is 0 Å². The second kappa shape index (κ2) is 8.70. The largest absolute Gasteiger partial charge is 0.494 e. The number of aryl methyl sites for hydroxylation is 2. The van der Waals surface area contributed by atoms with Gasteiger partial charge in [0.25, 0.3) is 5.91 Å². The van der Waals surface area contributed by atoms with E-state index in [1.165, 1.54) is 0 Å². The zero-order valence-electron chi connectivity index (χ0n) is 18.7. The summed E-state index contributed by atoms with van der Waals surface area (Å²) in [5.41, 5.74) is 5.14. The lowest BCUT2D eigenvalue weighted by atomic mass is 10.0. The van der Waals surface area contributed by atoms with E-state index in [1.54, 1.807) is 30.2 Å². The van der Waals surface area contributed by atoms with Gasteiger partial charge in [-0.05, 0) is 48.7 Å². The molecule has 5 rings (SSSR count). The molecule has 0 aliphatic heterocycles. The van der Waals surface area contributed by atoms with Gasteiger partial charge in [0.2, 0.25) is 0 Å². The topological polar surface area (TPSA) is 124 Å². The van der Waals surface area contributed by atoms with Crippen molar-refractivity contribution in [2.45, 2.75) is 13.3 Å². The number of amides is 1. The summed E-state index contributed by atoms with van der Waals surface area (Å²) in [4.78, 5) is 23.9. The molecule has 34 heavy (non-hydrogen) atoms. The first kappa shape index (κ1) is 21.2. The number of hydrogen-bond acceptors (Lipinski definition) is 5. The van der Waals surface area contributed by atoms with Crippen molar-refractivity contribution in [2.24, 2.45) is 12.0 Å². The molecule has 9 nitrogen and oxygen atoms in total. The molecule has 0 aliphatic carbocycles. The molecule has 4 N–H and O–H groups in total. The minimum absolute atomic E-state index is 0.0575. The van der Waals surface area contributed by atoms with Gasteiger partial charge in [0.15, 0.2) is 17.5 Å². The highest BCUT2D eigenvalue weighted by Gasteiger charge is 2.12. The molecule has 0 unspecified atom stereocenters. The van der Waals surface area contributed by atoms with Gasteiger partial charge >= 0.3 is 0 Å². The number of anilines is 1. The normalized spacial score (nSPS) is 11.5. The predicted octanol–water partition coefficient (Wildman–Crippen LogP) is 4.23. The molecule has 0 saturated carbocycles. The third-order valence-corrected chi connectivity index (χ3v) is 5.52. The van der Waals surface area contributed by atoms with Crippen LogP contribution in [0.5, 0.6) is 5.88 Å². The lowest BCUT2D eigenvalue weighted by Gasteiger charge is -2.08. The highest BCUT2D eigenvalue weighted by Crippen LogP contribution is 2.28. The third-order valence-electron chi connectivity index (χ3n) is 5.52. The molecule has 0 spiro atoms. The molecule has 3 aromatic heterocycles. The van der Waals surface area contributed by atoms with Gasteiger partial charge in [-0.1, -0.05) is 18.2 Å². The maximum atomic E-state index is 12.5. The number of nitrogens with one attached hydrogen (secondary N) is 3. The fourth-order valence-corrected chi connectivity index (χ4v) is 3.85. The number of aromatic nitrogens is 5. The lowest BCUT2D eigenvalue weighted by Crippen LogP contribution is -2.16. The molecule has 0 radical (unpaired) electrons. The minimum atomic E-state index is -0.259. The molecule has 2 aromatic carbocycles. The van der Waals surface area contributed by atoms with Gasteiger partial charge in [0, 0.05) is 54.0 Å². The molecule has 3 heterocycles. The van der Waals surface area contributed by atoms with Crippen molar-refractivity contribution < 1.29 is 9.90 Å². The molecular weight excluding hydrogens is 430 g/mol. The summed E-state index contributed by atoms with van der Waals surface area (Å²) >= 11 is 0. The summed E-state index contributed by atoms with van der Waals surface area (Å²) in [6.45, 7) is 1.90. The average molecular weight is 454 g/mol. The van der Waals surface area contributed by atoms with E-state index >= 15 is 0 Å². The van der Waals surface area contributed by atoms with Gasteiger partial charge in [-0.3, -0.25) is 9.89 Å². The summed E-state index contributed by atoms with van der Waals surface area (Å²) in [5.74, 6) is 0.696. The number of H-pyrrole nitrogens is 2. The third kappa shape index (κ3) is 4.31. The number of aromatic amines is 2. The second-order valence-electron chi connectivity index (χ2n) is 8.13. The number of benzene rings is 2. The molecular formula is C25H23N7O2. The Balaban J connectivity index is 1.38. The Morgan fingerprint density at radius 2 is 2.06 bits per heavy atom. The molecule has 0 saturated heterocycles. The van der Waals surface area contributed by atoms with Crippen molar-refractivity contribution >= 4 is 34.5 Å². The monoisotopic (exact) mass is 453 g/mol. The van der Waals surface area contributed by atoms with Crippen LogP contribution in [0.25, 0.3) is 10.9 Å². The van der Waals surface area contributed by atoms with Crippen LogP contribution in [0.15, 0.2) is 65.9 Å². The molecule has 0 atom stereocenters. The Bertz CT molecular complexity index is 1520. The highest BCUT2D eigenvalue weighted by molar-refractivity contribution is 6.03. The van der Waals surface area contributed by atoms with Gasteiger partial charge in [-0.2, -0.15) is 5.10 Å². The second-order valence-corrected chi connectivity index (χ2v) is 8.13. The summed E-state index contributed by atoms with van der Waals surface area (Å²) in [6, 6.07) is 15.5. The smallest absolute Gasteiger partial charge is 0.291 e. The number of fused-ring (bicyclic) bond motifs is 1. The lowest BCUT2D eigenvalue weighted by molar-refractivity contribution is 0.101. The first-order valence-electron chi connectivity index (χ1n) is 10.7. The Kier molecular flexibility index (Phi) is 5.43. The van der Waals surface area contributed by atoms with E-state index in [1.807, 2.05) is 55.5 Å². The molecule has 170 valence electrons. The Labute approximate surface area is 195 Å². The molecule has 0 fully saturated rings. The van der Waals surface area contributed by atoms with Crippen LogP contribution in [0.1, 0.15) is 33.0 Å². The average Bonchev–Trinajstić information content (AvgIpc) is 3.50. The van der Waals surface area contributed by atoms with Crippen molar-refractivity contribution in [3.05, 3.63) is 89.1 Å². The van der Waals surface area contributed by atoms with Crippen LogP contribution < -0.4 is 5.32 Å². The number of nitrogens with zero attached hydrogens (tertiary/aromatic N) is 4. The summed E-state index contributed by atoms with van der Waals surface area (Å²) in [6.07, 6.45) is 5.59. The fourth-order valence-electron chi connectivity index (χ4n) is 3.85. The zero-order valence-corrected chi connectivity index (χ0v) is 18.7. The van der Waals surface area contributed by atoms with Crippen LogP contribution in [0.4, 0.5) is 11.5 Å². The van der Waals surface area contributed by atoms with E-state index in [4.69, 9.17) is 0 Å². The van der Waals surface area contributed by atoms with Crippen molar-refractivity contribution in [2.75, 3.05) is 5.32 Å². The number of aliphatic imine (C=N–C) groups is 1. The van der Waals surface area contributed by atoms with Gasteiger partial charge in [-0.25, -0.2) is 9.98 Å². The van der Waals surface area contributed by atoms with E-state index in [2.05, 4.69) is 30.5 Å². The van der Waals surface area contributed by atoms with Crippen LogP contribution in [0.2, 0.25) is 0 Å². The number of imidazole rings is 1. The minimum Gasteiger partial charge on any atom is -0.494 e. The van der Waals surface area contributed by atoms with E-state index < -0.39 is 0 Å². The first-order chi connectivity index (χ1) is 16.5. The maximum absolute atomic E-state index is 12.5. The summed E-state index contributed by atoms with van der Waals surface area (Å²) in [7, 11) is 1.78. The molecule has 1 amide bonds. The van der Waals surface area contributed by atoms with Crippen LogP contribution >= 0.6 is 0 Å². The Morgan fingerprint density at radius 1 is 1.21 bits per heavy atom. The maximum Gasteiger partial charge on any atom is 0.291 e. The number of hydrogen-bond donors (Lipinski definition) is 4. The van der Waals surface area contributed by atoms with Crippen molar-refractivity contribution in [3.8, 4) is 5.88 Å². The molecule has 0 bridgehead atoms. The SMILES string of the molecule is Cc1cc(N=Cc2c(O)[nH]c3ccc(Cc4cccc(NC(=O)c5nccn5C)c4)cc23)n[nH]1. The van der Waals surface area contributed by atoms with Gasteiger partial charge in [0.05, 0.1) is 5.56 Å². The zero-order chi connectivity index (χ0) is 23.7. The van der Waals surface area contributed by atoms with Crippen LogP contribution in [-0.2, 0) is 13.5 Å². The van der Waals surface area contributed by atoms with Gasteiger partial charge < -0.3 is 20.0 Å². The predicted molar refractivity (Wildman–Crippen MR) is 131 cm³/mol.